The van der Waals surface area contributed by atoms with Crippen LogP contribution in [-0.2, 0) is 4.74 Å². The van der Waals surface area contributed by atoms with Crippen LogP contribution in [0.4, 0.5) is 0 Å². The van der Waals surface area contributed by atoms with E-state index >= 15 is 0 Å². The third-order valence-corrected chi connectivity index (χ3v) is 3.22. The zero-order valence-electron chi connectivity index (χ0n) is 11.0. The van der Waals surface area contributed by atoms with Gasteiger partial charge in [-0.25, -0.2) is 4.79 Å². The summed E-state index contributed by atoms with van der Waals surface area (Å²) in [7, 11) is 1.37. The van der Waals surface area contributed by atoms with E-state index in [1.54, 1.807) is 18.5 Å². The standard InChI is InChI=1S/C16H13NO3/c1-19-16(18)14-4-2-3-13-12(7-10-20-15(13)14)11-5-8-17-9-6-11/h2-9H,10H2,1H3. The molecule has 4 nitrogen and oxygen atoms in total. The van der Waals surface area contributed by atoms with Gasteiger partial charge in [0, 0.05) is 18.0 Å². The van der Waals surface area contributed by atoms with E-state index in [0.29, 0.717) is 17.9 Å². The van der Waals surface area contributed by atoms with E-state index in [9.17, 15) is 4.79 Å². The predicted octanol–water partition coefficient (Wildman–Crippen LogP) is 2.69. The van der Waals surface area contributed by atoms with Crippen molar-refractivity contribution in [3.8, 4) is 5.75 Å². The molecule has 3 rings (SSSR count). The minimum atomic E-state index is -0.391. The Labute approximate surface area is 116 Å². The first-order valence-corrected chi connectivity index (χ1v) is 6.26. The van der Waals surface area contributed by atoms with E-state index in [2.05, 4.69) is 4.98 Å². The molecule has 0 saturated carbocycles. The highest BCUT2D eigenvalue weighted by atomic mass is 16.5. The minimum Gasteiger partial charge on any atom is -0.488 e. The topological polar surface area (TPSA) is 48.4 Å². The Morgan fingerprint density at radius 3 is 2.80 bits per heavy atom. The van der Waals surface area contributed by atoms with Crippen molar-refractivity contribution in [1.82, 2.24) is 4.98 Å². The fourth-order valence-corrected chi connectivity index (χ4v) is 2.30. The van der Waals surface area contributed by atoms with Gasteiger partial charge in [-0.3, -0.25) is 4.98 Å². The number of para-hydroxylation sites is 1. The van der Waals surface area contributed by atoms with E-state index in [1.807, 2.05) is 30.3 Å². The maximum absolute atomic E-state index is 11.8. The molecule has 0 atom stereocenters. The van der Waals surface area contributed by atoms with Crippen LogP contribution in [0.5, 0.6) is 5.75 Å². The van der Waals surface area contributed by atoms with Gasteiger partial charge in [0.05, 0.1) is 7.11 Å². The largest absolute Gasteiger partial charge is 0.488 e. The second-order valence-corrected chi connectivity index (χ2v) is 4.34. The monoisotopic (exact) mass is 267 g/mol. The number of esters is 1. The van der Waals surface area contributed by atoms with Gasteiger partial charge in [0.1, 0.15) is 17.9 Å². The third-order valence-electron chi connectivity index (χ3n) is 3.22. The molecule has 0 aliphatic carbocycles. The van der Waals surface area contributed by atoms with Crippen LogP contribution in [0.3, 0.4) is 0 Å². The highest BCUT2D eigenvalue weighted by Gasteiger charge is 2.22. The van der Waals surface area contributed by atoms with Gasteiger partial charge in [-0.05, 0) is 35.4 Å². The van der Waals surface area contributed by atoms with E-state index in [0.717, 1.165) is 16.7 Å². The molecule has 0 saturated heterocycles. The zero-order chi connectivity index (χ0) is 13.9. The number of hydrogen-bond donors (Lipinski definition) is 0. The summed E-state index contributed by atoms with van der Waals surface area (Å²) in [5.74, 6) is 0.187. The summed E-state index contributed by atoms with van der Waals surface area (Å²) in [5.41, 5.74) is 3.43. The maximum Gasteiger partial charge on any atom is 0.341 e. The molecule has 0 spiro atoms. The molecule has 1 aliphatic rings. The van der Waals surface area contributed by atoms with E-state index < -0.39 is 5.97 Å². The number of ether oxygens (including phenoxy) is 2. The lowest BCUT2D eigenvalue weighted by Crippen LogP contribution is -2.11. The van der Waals surface area contributed by atoms with Crippen molar-refractivity contribution in [1.29, 1.82) is 0 Å². The average molecular weight is 267 g/mol. The summed E-state index contributed by atoms with van der Waals surface area (Å²) < 4.78 is 10.4. The van der Waals surface area contributed by atoms with Crippen LogP contribution in [0.2, 0.25) is 0 Å². The predicted molar refractivity (Wildman–Crippen MR) is 74.6 cm³/mol. The van der Waals surface area contributed by atoms with Crippen molar-refractivity contribution < 1.29 is 14.3 Å². The second-order valence-electron chi connectivity index (χ2n) is 4.34. The Morgan fingerprint density at radius 2 is 2.05 bits per heavy atom. The maximum atomic E-state index is 11.8. The van der Waals surface area contributed by atoms with Crippen LogP contribution < -0.4 is 4.74 Å². The van der Waals surface area contributed by atoms with Gasteiger partial charge in [0.2, 0.25) is 0 Å². The molecule has 0 fully saturated rings. The number of aromatic nitrogens is 1. The van der Waals surface area contributed by atoms with Gasteiger partial charge in [0.15, 0.2) is 0 Å². The van der Waals surface area contributed by atoms with Gasteiger partial charge in [-0.2, -0.15) is 0 Å². The number of rotatable bonds is 2. The molecular formula is C16H13NO3. The van der Waals surface area contributed by atoms with Crippen LogP contribution in [-0.4, -0.2) is 24.7 Å². The lowest BCUT2D eigenvalue weighted by molar-refractivity contribution is 0.0596. The van der Waals surface area contributed by atoms with Crippen LogP contribution in [0, 0.1) is 0 Å². The van der Waals surface area contributed by atoms with E-state index in [-0.39, 0.29) is 0 Å². The van der Waals surface area contributed by atoms with Crippen molar-refractivity contribution in [3.05, 3.63) is 65.5 Å². The summed E-state index contributed by atoms with van der Waals surface area (Å²) in [5, 5.41) is 0. The molecule has 1 aliphatic heterocycles. The zero-order valence-corrected chi connectivity index (χ0v) is 11.0. The average Bonchev–Trinajstić information content (AvgIpc) is 2.54. The first-order valence-electron chi connectivity index (χ1n) is 6.26. The van der Waals surface area contributed by atoms with Crippen molar-refractivity contribution >= 4 is 11.5 Å². The number of pyridine rings is 1. The minimum absolute atomic E-state index is 0.391. The highest BCUT2D eigenvalue weighted by molar-refractivity contribution is 5.96. The van der Waals surface area contributed by atoms with Gasteiger partial charge in [-0.15, -0.1) is 0 Å². The first kappa shape index (κ1) is 12.4. The highest BCUT2D eigenvalue weighted by Crippen LogP contribution is 2.36. The first-order chi connectivity index (χ1) is 9.81. The van der Waals surface area contributed by atoms with Crippen LogP contribution >= 0.6 is 0 Å². The molecule has 4 heteroatoms. The second kappa shape index (κ2) is 5.17. The molecule has 0 bridgehead atoms. The molecule has 0 unspecified atom stereocenters. The number of hydrogen-bond acceptors (Lipinski definition) is 4. The fraction of sp³-hybridized carbons (Fsp3) is 0.125. The summed E-state index contributed by atoms with van der Waals surface area (Å²) in [6.07, 6.45) is 5.49. The number of nitrogens with zero attached hydrogens (tertiary/aromatic N) is 1. The molecule has 0 amide bonds. The molecule has 0 radical (unpaired) electrons. The molecule has 2 heterocycles. The number of carbonyl (C=O) groups excluding carboxylic acids is 1. The molecule has 1 aromatic carbocycles. The van der Waals surface area contributed by atoms with Crippen molar-refractivity contribution in [2.75, 3.05) is 13.7 Å². The smallest absolute Gasteiger partial charge is 0.341 e. The molecule has 0 N–H and O–H groups in total. The number of fused-ring (bicyclic) bond motifs is 1. The molecule has 1 aromatic heterocycles. The van der Waals surface area contributed by atoms with Crippen molar-refractivity contribution in [3.63, 3.8) is 0 Å². The molecule has 2 aromatic rings. The normalized spacial score (nSPS) is 12.9. The van der Waals surface area contributed by atoms with Gasteiger partial charge >= 0.3 is 5.97 Å². The Hall–Kier alpha value is -2.62. The fourth-order valence-electron chi connectivity index (χ4n) is 2.30. The number of benzene rings is 1. The quantitative estimate of drug-likeness (QED) is 0.785. The summed E-state index contributed by atoms with van der Waals surface area (Å²) in [4.78, 5) is 15.8. The molecular weight excluding hydrogens is 254 g/mol. The Bertz CT molecular complexity index is 677. The molecule has 100 valence electrons. The van der Waals surface area contributed by atoms with E-state index in [4.69, 9.17) is 9.47 Å². The van der Waals surface area contributed by atoms with Gasteiger partial charge in [0.25, 0.3) is 0 Å². The number of methoxy groups -OCH3 is 1. The third kappa shape index (κ3) is 2.05. The Kier molecular flexibility index (Phi) is 3.21. The Morgan fingerprint density at radius 1 is 1.25 bits per heavy atom. The summed E-state index contributed by atoms with van der Waals surface area (Å²) in [6.45, 7) is 0.429. The number of carbonyl (C=O) groups is 1. The lowest BCUT2D eigenvalue weighted by atomic mass is 9.94. The van der Waals surface area contributed by atoms with Crippen LogP contribution in [0.25, 0.3) is 5.57 Å². The summed E-state index contributed by atoms with van der Waals surface area (Å²) >= 11 is 0. The Balaban J connectivity index is 2.13. The van der Waals surface area contributed by atoms with Crippen LogP contribution in [0.15, 0.2) is 48.8 Å². The van der Waals surface area contributed by atoms with Crippen molar-refractivity contribution in [2.45, 2.75) is 0 Å². The van der Waals surface area contributed by atoms with Gasteiger partial charge in [-0.1, -0.05) is 12.1 Å². The van der Waals surface area contributed by atoms with Gasteiger partial charge < -0.3 is 9.47 Å². The molecule has 20 heavy (non-hydrogen) atoms. The lowest BCUT2D eigenvalue weighted by Gasteiger charge is -2.20. The summed E-state index contributed by atoms with van der Waals surface area (Å²) in [6, 6.07) is 9.35. The SMILES string of the molecule is COC(=O)c1cccc2c1OCC=C2c1ccncc1. The van der Waals surface area contributed by atoms with Crippen LogP contribution in [0.1, 0.15) is 21.5 Å². The van der Waals surface area contributed by atoms with E-state index in [1.165, 1.54) is 7.11 Å². The van der Waals surface area contributed by atoms with Crippen molar-refractivity contribution in [2.24, 2.45) is 0 Å².